The maximum Gasteiger partial charge on any atom is 0.271 e. The fourth-order valence-corrected chi connectivity index (χ4v) is 3.12. The van der Waals surface area contributed by atoms with Crippen LogP contribution < -0.4 is 15.6 Å². The second-order valence-electron chi connectivity index (χ2n) is 6.65. The summed E-state index contributed by atoms with van der Waals surface area (Å²) in [6.07, 6.45) is 2.97. The second kappa shape index (κ2) is 9.40. The molecule has 0 aliphatic heterocycles. The Kier molecular flexibility index (Phi) is 6.24. The Labute approximate surface area is 186 Å². The van der Waals surface area contributed by atoms with Gasteiger partial charge in [0, 0.05) is 10.0 Å². The van der Waals surface area contributed by atoms with Crippen LogP contribution in [-0.4, -0.2) is 12.1 Å². The number of rotatable bonds is 6. The highest BCUT2D eigenvalue weighted by Crippen LogP contribution is 2.15. The average molecular weight is 477 g/mol. The van der Waals surface area contributed by atoms with Crippen LogP contribution in [0.4, 0.5) is 0 Å². The highest BCUT2D eigenvalue weighted by molar-refractivity contribution is 9.10. The number of carbonyl (C=O) groups excluding carboxylic acids is 1. The number of nitrogens with one attached hydrogen (secondary N) is 1. The number of nitrogens with zero attached hydrogens (tertiary/aromatic N) is 1. The Morgan fingerprint density at radius 3 is 2.55 bits per heavy atom. The highest BCUT2D eigenvalue weighted by atomic mass is 79.9. The summed E-state index contributed by atoms with van der Waals surface area (Å²) in [6, 6.07) is 21.2. The van der Waals surface area contributed by atoms with E-state index in [0.29, 0.717) is 27.8 Å². The lowest BCUT2D eigenvalue weighted by atomic mass is 10.2. The van der Waals surface area contributed by atoms with Gasteiger partial charge in [0.1, 0.15) is 24.2 Å². The van der Waals surface area contributed by atoms with Gasteiger partial charge >= 0.3 is 0 Å². The number of carbonyl (C=O) groups is 1. The van der Waals surface area contributed by atoms with Gasteiger partial charge < -0.3 is 9.15 Å². The number of hydrogen-bond donors (Lipinski definition) is 1. The molecule has 6 nitrogen and oxygen atoms in total. The molecular formula is C24H17BrN2O4. The van der Waals surface area contributed by atoms with Crippen LogP contribution in [0, 0.1) is 0 Å². The number of hydrogen-bond acceptors (Lipinski definition) is 5. The van der Waals surface area contributed by atoms with E-state index in [1.165, 1.54) is 6.26 Å². The fraction of sp³-hybridized carbons (Fsp3) is 0.0417. The average Bonchev–Trinajstić information content (AvgIpc) is 2.80. The smallest absolute Gasteiger partial charge is 0.271 e. The molecule has 4 aromatic rings. The van der Waals surface area contributed by atoms with E-state index in [0.717, 1.165) is 10.0 Å². The van der Waals surface area contributed by atoms with Gasteiger partial charge in [0.15, 0.2) is 5.43 Å². The first-order chi connectivity index (χ1) is 15.1. The molecule has 1 heterocycles. The van der Waals surface area contributed by atoms with Crippen molar-refractivity contribution in [2.45, 2.75) is 6.61 Å². The summed E-state index contributed by atoms with van der Waals surface area (Å²) < 4.78 is 12.1. The molecule has 7 heteroatoms. The van der Waals surface area contributed by atoms with Gasteiger partial charge in [-0.05, 0) is 66.2 Å². The maximum atomic E-state index is 12.5. The molecule has 0 aliphatic rings. The molecule has 0 saturated carbocycles. The van der Waals surface area contributed by atoms with Crippen LogP contribution in [0.15, 0.2) is 97.8 Å². The van der Waals surface area contributed by atoms with E-state index in [2.05, 4.69) is 26.5 Å². The van der Waals surface area contributed by atoms with E-state index >= 15 is 0 Å². The molecule has 0 unspecified atom stereocenters. The minimum Gasteiger partial charge on any atom is -0.489 e. The van der Waals surface area contributed by atoms with Crippen molar-refractivity contribution in [1.29, 1.82) is 0 Å². The van der Waals surface area contributed by atoms with Crippen molar-refractivity contribution in [2.24, 2.45) is 5.10 Å². The Morgan fingerprint density at radius 1 is 1.03 bits per heavy atom. The molecule has 1 aromatic heterocycles. The first-order valence-corrected chi connectivity index (χ1v) is 10.2. The third-order valence-corrected chi connectivity index (χ3v) is 5.04. The molecule has 0 saturated heterocycles. The number of halogens is 1. The summed E-state index contributed by atoms with van der Waals surface area (Å²) >= 11 is 3.33. The molecule has 0 radical (unpaired) electrons. The van der Waals surface area contributed by atoms with Crippen molar-refractivity contribution >= 4 is 39.0 Å². The summed E-state index contributed by atoms with van der Waals surface area (Å²) in [4.78, 5) is 24.5. The number of fused-ring (bicyclic) bond motifs is 1. The van der Waals surface area contributed by atoms with Crippen molar-refractivity contribution in [1.82, 2.24) is 5.43 Å². The van der Waals surface area contributed by atoms with E-state index in [4.69, 9.17) is 9.15 Å². The third-order valence-electron chi connectivity index (χ3n) is 4.51. The summed E-state index contributed by atoms with van der Waals surface area (Å²) in [5.41, 5.74) is 4.68. The quantitative estimate of drug-likeness (QED) is 0.317. The minimum atomic E-state index is -0.294. The molecule has 0 aliphatic carbocycles. The van der Waals surface area contributed by atoms with E-state index < -0.39 is 0 Å². The van der Waals surface area contributed by atoms with Crippen LogP contribution in [-0.2, 0) is 6.61 Å². The number of hydrazone groups is 1. The molecule has 1 amide bonds. The van der Waals surface area contributed by atoms with Crippen LogP contribution in [0.1, 0.15) is 21.5 Å². The van der Waals surface area contributed by atoms with E-state index in [1.54, 1.807) is 72.9 Å². The summed E-state index contributed by atoms with van der Waals surface area (Å²) in [7, 11) is 0. The lowest BCUT2D eigenvalue weighted by Crippen LogP contribution is -2.17. The molecule has 0 bridgehead atoms. The molecule has 154 valence electrons. The first-order valence-electron chi connectivity index (χ1n) is 9.41. The van der Waals surface area contributed by atoms with Crippen molar-refractivity contribution in [3.05, 3.63) is 110 Å². The monoisotopic (exact) mass is 476 g/mol. The second-order valence-corrected chi connectivity index (χ2v) is 7.57. The Balaban J connectivity index is 1.34. The van der Waals surface area contributed by atoms with Crippen molar-refractivity contribution in [2.75, 3.05) is 0 Å². The van der Waals surface area contributed by atoms with E-state index in [1.807, 2.05) is 6.07 Å². The van der Waals surface area contributed by atoms with Crippen molar-refractivity contribution in [3.8, 4) is 5.75 Å². The largest absolute Gasteiger partial charge is 0.489 e. The van der Waals surface area contributed by atoms with Crippen molar-refractivity contribution in [3.63, 3.8) is 0 Å². The zero-order valence-electron chi connectivity index (χ0n) is 16.2. The summed E-state index contributed by atoms with van der Waals surface area (Å²) in [6.45, 7) is 0.101. The van der Waals surface area contributed by atoms with Crippen LogP contribution in [0.2, 0.25) is 0 Å². The number of benzene rings is 3. The molecule has 1 N–H and O–H groups in total. The van der Waals surface area contributed by atoms with Crippen LogP contribution >= 0.6 is 15.9 Å². The number of ether oxygens (including phenoxy) is 1. The molecule has 4 rings (SSSR count). The SMILES string of the molecule is O=C(N/N=C/c1ccc(OCc2coc3ccccc3c2=O)cc1)c1ccc(Br)cc1. The predicted molar refractivity (Wildman–Crippen MR) is 122 cm³/mol. The number of para-hydroxylation sites is 1. The zero-order chi connectivity index (χ0) is 21.6. The van der Waals surface area contributed by atoms with Gasteiger partial charge in [0.2, 0.25) is 0 Å². The molecule has 0 spiro atoms. The van der Waals surface area contributed by atoms with Gasteiger partial charge in [-0.25, -0.2) is 5.43 Å². The lowest BCUT2D eigenvalue weighted by Gasteiger charge is -2.06. The highest BCUT2D eigenvalue weighted by Gasteiger charge is 2.07. The van der Waals surface area contributed by atoms with Gasteiger partial charge in [0.25, 0.3) is 5.91 Å². The zero-order valence-corrected chi connectivity index (χ0v) is 17.8. The maximum absolute atomic E-state index is 12.5. The molecule has 31 heavy (non-hydrogen) atoms. The molecule has 3 aromatic carbocycles. The minimum absolute atomic E-state index is 0.101. The van der Waals surface area contributed by atoms with E-state index in [-0.39, 0.29) is 17.9 Å². The standard InChI is InChI=1S/C24H17BrN2O4/c25-19-9-7-17(8-10-19)24(29)27-26-13-16-5-11-20(12-6-16)30-14-18-15-31-22-4-2-1-3-21(22)23(18)28/h1-13,15H,14H2,(H,27,29)/b26-13+. The predicted octanol–water partition coefficient (Wildman–Crippen LogP) is 4.90. The Morgan fingerprint density at radius 2 is 1.77 bits per heavy atom. The van der Waals surface area contributed by atoms with Crippen LogP contribution in [0.3, 0.4) is 0 Å². The summed E-state index contributed by atoms with van der Waals surface area (Å²) in [5, 5.41) is 4.50. The van der Waals surface area contributed by atoms with Gasteiger partial charge in [-0.15, -0.1) is 0 Å². The van der Waals surface area contributed by atoms with Gasteiger partial charge in [-0.2, -0.15) is 5.10 Å². The normalized spacial score (nSPS) is 11.0. The van der Waals surface area contributed by atoms with Gasteiger partial charge in [0.05, 0.1) is 17.2 Å². The van der Waals surface area contributed by atoms with Crippen molar-refractivity contribution < 1.29 is 13.9 Å². The topological polar surface area (TPSA) is 80.9 Å². The number of amides is 1. The third kappa shape index (κ3) is 5.07. The Bertz CT molecular complexity index is 1300. The Hall–Kier alpha value is -3.71. The molecule has 0 atom stereocenters. The van der Waals surface area contributed by atoms with Gasteiger partial charge in [-0.3, -0.25) is 9.59 Å². The van der Waals surface area contributed by atoms with Crippen LogP contribution in [0.5, 0.6) is 5.75 Å². The summed E-state index contributed by atoms with van der Waals surface area (Å²) in [5.74, 6) is 0.307. The first kappa shape index (κ1) is 20.6. The van der Waals surface area contributed by atoms with E-state index in [9.17, 15) is 9.59 Å². The molecule has 0 fully saturated rings. The molecular weight excluding hydrogens is 460 g/mol. The fourth-order valence-electron chi connectivity index (χ4n) is 2.86. The lowest BCUT2D eigenvalue weighted by molar-refractivity contribution is 0.0955. The van der Waals surface area contributed by atoms with Crippen LogP contribution in [0.25, 0.3) is 11.0 Å². The van der Waals surface area contributed by atoms with Gasteiger partial charge in [-0.1, -0.05) is 28.1 Å².